The molecule has 0 spiro atoms. The minimum Gasteiger partial charge on any atom is -0.507 e. The Morgan fingerprint density at radius 1 is 1.05 bits per heavy atom. The molecule has 2 rings (SSSR count). The monoisotopic (exact) mass is 297 g/mol. The number of carbonyl (C=O) groups is 1. The number of aryl methyl sites for hydroxylation is 2. The second kappa shape index (κ2) is 6.76. The number of hydrogen-bond acceptors (Lipinski definition) is 3. The highest BCUT2D eigenvalue weighted by atomic mass is 16.3. The summed E-state index contributed by atoms with van der Waals surface area (Å²) >= 11 is 0. The number of carbonyl (C=O) groups excluding carboxylic acids is 1. The molecule has 0 unspecified atom stereocenters. The summed E-state index contributed by atoms with van der Waals surface area (Å²) in [7, 11) is 0. The van der Waals surface area contributed by atoms with Gasteiger partial charge < -0.3 is 10.4 Å². The Labute approximate surface area is 129 Å². The predicted molar refractivity (Wildman–Crippen MR) is 88.4 cm³/mol. The van der Waals surface area contributed by atoms with Gasteiger partial charge >= 0.3 is 6.03 Å². The van der Waals surface area contributed by atoms with Crippen molar-refractivity contribution >= 4 is 17.4 Å². The number of hydrazone groups is 1. The number of nitrogens with zero attached hydrogens (tertiary/aromatic N) is 1. The first-order valence-electron chi connectivity index (χ1n) is 6.95. The van der Waals surface area contributed by atoms with E-state index in [0.29, 0.717) is 11.3 Å². The van der Waals surface area contributed by atoms with Crippen LogP contribution in [0.5, 0.6) is 5.75 Å². The average Bonchev–Trinajstić information content (AvgIpc) is 2.49. The van der Waals surface area contributed by atoms with Gasteiger partial charge in [-0.3, -0.25) is 0 Å². The third kappa shape index (κ3) is 3.63. The van der Waals surface area contributed by atoms with Crippen molar-refractivity contribution in [1.82, 2.24) is 5.43 Å². The molecule has 22 heavy (non-hydrogen) atoms. The number of rotatable bonds is 3. The molecule has 0 aliphatic heterocycles. The highest BCUT2D eigenvalue weighted by molar-refractivity contribution is 6.02. The molecule has 3 N–H and O–H groups in total. The van der Waals surface area contributed by atoms with Gasteiger partial charge in [0.2, 0.25) is 0 Å². The molecule has 0 heterocycles. The maximum atomic E-state index is 11.9. The summed E-state index contributed by atoms with van der Waals surface area (Å²) in [6, 6.07) is 12.2. The van der Waals surface area contributed by atoms with Crippen molar-refractivity contribution in [2.45, 2.75) is 20.8 Å². The summed E-state index contributed by atoms with van der Waals surface area (Å²) in [4.78, 5) is 11.9. The van der Waals surface area contributed by atoms with Crippen molar-refractivity contribution in [3.63, 3.8) is 0 Å². The van der Waals surface area contributed by atoms with Gasteiger partial charge in [-0.1, -0.05) is 30.3 Å². The second-order valence-electron chi connectivity index (χ2n) is 5.05. The molecular formula is C17H19N3O2. The van der Waals surface area contributed by atoms with Gasteiger partial charge in [-0.05, 0) is 44.0 Å². The average molecular weight is 297 g/mol. The standard InChI is InChI=1S/C17H19N3O2/c1-11-7-6-8-12(2)16(11)18-17(22)20-19-13(3)14-9-4-5-10-15(14)21/h4-10,21H,1-3H3,(H2,18,20,22)/b19-13+. The van der Waals surface area contributed by atoms with Gasteiger partial charge in [0.15, 0.2) is 0 Å². The molecule has 2 aromatic carbocycles. The number of phenolic OH excluding ortho intramolecular Hbond substituents is 1. The van der Waals surface area contributed by atoms with Crippen molar-refractivity contribution in [2.24, 2.45) is 5.10 Å². The van der Waals surface area contributed by atoms with Crippen LogP contribution < -0.4 is 10.7 Å². The third-order valence-electron chi connectivity index (χ3n) is 3.34. The normalized spacial score (nSPS) is 11.1. The summed E-state index contributed by atoms with van der Waals surface area (Å²) in [5.74, 6) is 0.126. The zero-order chi connectivity index (χ0) is 16.1. The molecule has 0 aliphatic carbocycles. The van der Waals surface area contributed by atoms with Crippen LogP contribution >= 0.6 is 0 Å². The maximum absolute atomic E-state index is 11.9. The number of phenols is 1. The van der Waals surface area contributed by atoms with Gasteiger partial charge in [-0.2, -0.15) is 5.10 Å². The van der Waals surface area contributed by atoms with Crippen LogP contribution in [0.2, 0.25) is 0 Å². The highest BCUT2D eigenvalue weighted by Gasteiger charge is 2.07. The van der Waals surface area contributed by atoms with E-state index in [0.717, 1.165) is 16.8 Å². The number of para-hydroxylation sites is 2. The van der Waals surface area contributed by atoms with Crippen molar-refractivity contribution in [2.75, 3.05) is 5.32 Å². The first-order valence-corrected chi connectivity index (χ1v) is 6.95. The third-order valence-corrected chi connectivity index (χ3v) is 3.34. The number of amides is 2. The van der Waals surface area contributed by atoms with Gasteiger partial charge in [-0.25, -0.2) is 10.2 Å². The summed E-state index contributed by atoms with van der Waals surface area (Å²) in [6.07, 6.45) is 0. The van der Waals surface area contributed by atoms with Crippen molar-refractivity contribution in [1.29, 1.82) is 0 Å². The van der Waals surface area contributed by atoms with Crippen LogP contribution in [0.4, 0.5) is 10.5 Å². The van der Waals surface area contributed by atoms with E-state index >= 15 is 0 Å². The Kier molecular flexibility index (Phi) is 4.78. The molecule has 5 heteroatoms. The van der Waals surface area contributed by atoms with Gasteiger partial charge in [0.05, 0.1) is 5.71 Å². The highest BCUT2D eigenvalue weighted by Crippen LogP contribution is 2.19. The van der Waals surface area contributed by atoms with Crippen molar-refractivity contribution in [3.8, 4) is 5.75 Å². The van der Waals surface area contributed by atoms with E-state index < -0.39 is 6.03 Å². The first-order chi connectivity index (χ1) is 10.5. The number of hydrogen-bond donors (Lipinski definition) is 3. The maximum Gasteiger partial charge on any atom is 0.339 e. The summed E-state index contributed by atoms with van der Waals surface area (Å²) < 4.78 is 0. The van der Waals surface area contributed by atoms with Crippen LogP contribution in [-0.2, 0) is 0 Å². The van der Waals surface area contributed by atoms with Crippen LogP contribution in [0.15, 0.2) is 47.6 Å². The first kappa shape index (κ1) is 15.6. The minimum atomic E-state index is -0.424. The molecule has 0 saturated heterocycles. The number of urea groups is 1. The lowest BCUT2D eigenvalue weighted by Crippen LogP contribution is -2.26. The van der Waals surface area contributed by atoms with Gasteiger partial charge in [-0.15, -0.1) is 0 Å². The van der Waals surface area contributed by atoms with E-state index in [4.69, 9.17) is 0 Å². The largest absolute Gasteiger partial charge is 0.507 e. The van der Waals surface area contributed by atoms with Gasteiger partial charge in [0.25, 0.3) is 0 Å². The molecule has 2 aromatic rings. The van der Waals surface area contributed by atoms with E-state index in [2.05, 4.69) is 15.8 Å². The Balaban J connectivity index is 2.07. The SMILES string of the molecule is C/C(=N\NC(=O)Nc1c(C)cccc1C)c1ccccc1O. The van der Waals surface area contributed by atoms with Crippen LogP contribution in [0.1, 0.15) is 23.6 Å². The number of aromatic hydroxyl groups is 1. The molecular weight excluding hydrogens is 278 g/mol. The number of nitrogens with one attached hydrogen (secondary N) is 2. The summed E-state index contributed by atoms with van der Waals surface area (Å²) in [5.41, 5.74) is 6.28. The second-order valence-corrected chi connectivity index (χ2v) is 5.05. The van der Waals surface area contributed by atoms with E-state index in [1.54, 1.807) is 31.2 Å². The Morgan fingerprint density at radius 2 is 1.68 bits per heavy atom. The fourth-order valence-electron chi connectivity index (χ4n) is 2.13. The van der Waals surface area contributed by atoms with Crippen LogP contribution in [0.3, 0.4) is 0 Å². The Hall–Kier alpha value is -2.82. The molecule has 2 amide bonds. The van der Waals surface area contributed by atoms with E-state index in [1.807, 2.05) is 32.0 Å². The molecule has 114 valence electrons. The number of anilines is 1. The van der Waals surface area contributed by atoms with E-state index in [1.165, 1.54) is 0 Å². The molecule has 0 saturated carbocycles. The van der Waals surface area contributed by atoms with Crippen LogP contribution in [-0.4, -0.2) is 16.8 Å². The fourth-order valence-corrected chi connectivity index (χ4v) is 2.13. The molecule has 0 aromatic heterocycles. The molecule has 0 bridgehead atoms. The van der Waals surface area contributed by atoms with Crippen molar-refractivity contribution in [3.05, 3.63) is 59.2 Å². The molecule has 0 atom stereocenters. The Morgan fingerprint density at radius 3 is 2.32 bits per heavy atom. The van der Waals surface area contributed by atoms with E-state index in [9.17, 15) is 9.90 Å². The lowest BCUT2D eigenvalue weighted by atomic mass is 10.1. The quantitative estimate of drug-likeness (QED) is 0.598. The van der Waals surface area contributed by atoms with Crippen LogP contribution in [0.25, 0.3) is 0 Å². The summed E-state index contributed by atoms with van der Waals surface area (Å²) in [5, 5.41) is 16.5. The summed E-state index contributed by atoms with van der Waals surface area (Å²) in [6.45, 7) is 5.58. The van der Waals surface area contributed by atoms with Crippen LogP contribution in [0, 0.1) is 13.8 Å². The van der Waals surface area contributed by atoms with E-state index in [-0.39, 0.29) is 5.75 Å². The van der Waals surface area contributed by atoms with Gasteiger partial charge in [0, 0.05) is 11.3 Å². The zero-order valence-corrected chi connectivity index (χ0v) is 12.8. The molecule has 5 nitrogen and oxygen atoms in total. The lowest BCUT2D eigenvalue weighted by Gasteiger charge is -2.11. The lowest BCUT2D eigenvalue weighted by molar-refractivity contribution is 0.252. The molecule has 0 aliphatic rings. The Bertz CT molecular complexity index is 703. The number of benzene rings is 2. The minimum absolute atomic E-state index is 0.126. The zero-order valence-electron chi connectivity index (χ0n) is 12.8. The van der Waals surface area contributed by atoms with Gasteiger partial charge in [0.1, 0.15) is 5.75 Å². The van der Waals surface area contributed by atoms with Crippen molar-refractivity contribution < 1.29 is 9.90 Å². The smallest absolute Gasteiger partial charge is 0.339 e. The molecule has 0 fully saturated rings. The topological polar surface area (TPSA) is 73.7 Å². The molecule has 0 radical (unpaired) electrons. The fraction of sp³-hybridized carbons (Fsp3) is 0.176. The predicted octanol–water partition coefficient (Wildman–Crippen LogP) is 3.55.